The summed E-state index contributed by atoms with van der Waals surface area (Å²) < 4.78 is 1.91. The molecule has 7 nitrogen and oxygen atoms in total. The number of anilines is 1. The third kappa shape index (κ3) is 3.31. The van der Waals surface area contributed by atoms with E-state index < -0.39 is 0 Å². The highest BCUT2D eigenvalue weighted by atomic mass is 32.1. The van der Waals surface area contributed by atoms with Gasteiger partial charge in [-0.05, 0) is 39.3 Å². The van der Waals surface area contributed by atoms with Gasteiger partial charge in [0, 0.05) is 43.7 Å². The van der Waals surface area contributed by atoms with E-state index in [-0.39, 0.29) is 0 Å². The van der Waals surface area contributed by atoms with Crippen LogP contribution in [0.25, 0.3) is 5.78 Å². The summed E-state index contributed by atoms with van der Waals surface area (Å²) in [5, 5.41) is 5.48. The van der Waals surface area contributed by atoms with Crippen LogP contribution in [0.15, 0.2) is 12.4 Å². The van der Waals surface area contributed by atoms with Crippen molar-refractivity contribution in [2.45, 2.75) is 39.2 Å². The molecule has 138 valence electrons. The molecule has 8 heteroatoms. The van der Waals surface area contributed by atoms with Crippen molar-refractivity contribution in [2.75, 3.05) is 32.1 Å². The highest BCUT2D eigenvalue weighted by molar-refractivity contribution is 7.15. The van der Waals surface area contributed by atoms with Gasteiger partial charge < -0.3 is 4.90 Å². The molecule has 4 rings (SSSR count). The van der Waals surface area contributed by atoms with Gasteiger partial charge >= 0.3 is 0 Å². The second-order valence-electron chi connectivity index (χ2n) is 7.27. The van der Waals surface area contributed by atoms with Gasteiger partial charge in [0.15, 0.2) is 5.13 Å². The fourth-order valence-corrected chi connectivity index (χ4v) is 4.67. The van der Waals surface area contributed by atoms with Crippen molar-refractivity contribution in [3.05, 3.63) is 34.4 Å². The van der Waals surface area contributed by atoms with Crippen LogP contribution in [0.1, 0.15) is 40.7 Å². The summed E-state index contributed by atoms with van der Waals surface area (Å²) in [6, 6.07) is 2.16. The SMILES string of the molecule is Cc1cc(C2CCCN(Cc3sc(N(C)C)nc3C)C2)n2ncnc2n1. The van der Waals surface area contributed by atoms with Crippen molar-refractivity contribution < 1.29 is 0 Å². The first kappa shape index (κ1) is 17.4. The molecule has 0 spiro atoms. The molecule has 1 aliphatic heterocycles. The molecule has 0 radical (unpaired) electrons. The average molecular weight is 372 g/mol. The number of rotatable bonds is 4. The normalized spacial score (nSPS) is 18.5. The van der Waals surface area contributed by atoms with Gasteiger partial charge in [0.1, 0.15) is 6.33 Å². The van der Waals surface area contributed by atoms with Crippen molar-refractivity contribution >= 4 is 22.2 Å². The Labute approximate surface area is 157 Å². The Hall–Kier alpha value is -2.06. The average Bonchev–Trinajstić information content (AvgIpc) is 3.21. The largest absolute Gasteiger partial charge is 0.354 e. The predicted octanol–water partition coefficient (Wildman–Crippen LogP) is 2.64. The van der Waals surface area contributed by atoms with Crippen LogP contribution < -0.4 is 4.90 Å². The number of thiazole rings is 1. The van der Waals surface area contributed by atoms with Crippen LogP contribution in [-0.4, -0.2) is 56.7 Å². The summed E-state index contributed by atoms with van der Waals surface area (Å²) in [5.41, 5.74) is 3.38. The Balaban J connectivity index is 1.55. The maximum atomic E-state index is 4.69. The van der Waals surface area contributed by atoms with Crippen LogP contribution in [0.4, 0.5) is 5.13 Å². The zero-order chi connectivity index (χ0) is 18.3. The maximum absolute atomic E-state index is 4.69. The lowest BCUT2D eigenvalue weighted by Crippen LogP contribution is -2.34. The van der Waals surface area contributed by atoms with Crippen molar-refractivity contribution in [1.82, 2.24) is 29.5 Å². The fraction of sp³-hybridized carbons (Fsp3) is 0.556. The standard InChI is InChI=1S/C18H25N7S/c1-12-8-15(25-17(21-12)19-11-20-25)14-6-5-7-24(9-14)10-16-13(2)22-18(26-16)23(3)4/h8,11,14H,5-7,9-10H2,1-4H3. The first-order valence-corrected chi connectivity index (χ1v) is 9.86. The summed E-state index contributed by atoms with van der Waals surface area (Å²) >= 11 is 1.80. The summed E-state index contributed by atoms with van der Waals surface area (Å²) in [6.45, 7) is 7.29. The third-order valence-corrected chi connectivity index (χ3v) is 6.27. The molecule has 0 N–H and O–H groups in total. The number of aryl methyl sites for hydroxylation is 2. The van der Waals surface area contributed by atoms with Gasteiger partial charge in [-0.25, -0.2) is 14.5 Å². The van der Waals surface area contributed by atoms with Crippen LogP contribution in [0, 0.1) is 13.8 Å². The molecule has 0 saturated carbocycles. The summed E-state index contributed by atoms with van der Waals surface area (Å²) in [7, 11) is 4.10. The molecule has 0 amide bonds. The van der Waals surface area contributed by atoms with Crippen molar-refractivity contribution in [1.29, 1.82) is 0 Å². The molecular weight excluding hydrogens is 346 g/mol. The van der Waals surface area contributed by atoms with Gasteiger partial charge in [-0.2, -0.15) is 10.1 Å². The lowest BCUT2D eigenvalue weighted by atomic mass is 9.94. The number of fused-ring (bicyclic) bond motifs is 1. The van der Waals surface area contributed by atoms with E-state index >= 15 is 0 Å². The van der Waals surface area contributed by atoms with Crippen LogP contribution in [0.3, 0.4) is 0 Å². The molecule has 0 bridgehead atoms. The van der Waals surface area contributed by atoms with E-state index in [1.54, 1.807) is 17.7 Å². The molecule has 4 heterocycles. The molecule has 26 heavy (non-hydrogen) atoms. The van der Waals surface area contributed by atoms with E-state index in [0.717, 1.165) is 36.2 Å². The Bertz CT molecular complexity index is 914. The molecule has 1 aliphatic rings. The molecule has 1 atom stereocenters. The van der Waals surface area contributed by atoms with Gasteiger partial charge in [0.05, 0.1) is 11.4 Å². The minimum atomic E-state index is 0.455. The van der Waals surface area contributed by atoms with Crippen molar-refractivity contribution in [3.8, 4) is 0 Å². The number of hydrogen-bond donors (Lipinski definition) is 0. The molecule has 3 aromatic rings. The zero-order valence-electron chi connectivity index (χ0n) is 15.8. The second-order valence-corrected chi connectivity index (χ2v) is 8.33. The summed E-state index contributed by atoms with van der Waals surface area (Å²) in [6.07, 6.45) is 3.97. The molecular formula is C18H25N7S. The van der Waals surface area contributed by atoms with Crippen LogP contribution >= 0.6 is 11.3 Å². The molecule has 1 fully saturated rings. The number of aromatic nitrogens is 5. The third-order valence-electron chi connectivity index (χ3n) is 4.96. The fourth-order valence-electron chi connectivity index (χ4n) is 3.64. The van der Waals surface area contributed by atoms with E-state index in [1.807, 2.05) is 25.5 Å². The van der Waals surface area contributed by atoms with E-state index in [4.69, 9.17) is 0 Å². The molecule has 1 saturated heterocycles. The number of piperidine rings is 1. The van der Waals surface area contributed by atoms with Gasteiger partial charge in [0.2, 0.25) is 0 Å². The quantitative estimate of drug-likeness (QED) is 0.703. The van der Waals surface area contributed by atoms with Crippen molar-refractivity contribution in [3.63, 3.8) is 0 Å². The van der Waals surface area contributed by atoms with Gasteiger partial charge in [0.25, 0.3) is 5.78 Å². The van der Waals surface area contributed by atoms with Crippen LogP contribution in [-0.2, 0) is 6.54 Å². The Morgan fingerprint density at radius 2 is 2.12 bits per heavy atom. The Morgan fingerprint density at radius 3 is 2.88 bits per heavy atom. The highest BCUT2D eigenvalue weighted by Gasteiger charge is 2.25. The number of hydrogen-bond acceptors (Lipinski definition) is 7. The van der Waals surface area contributed by atoms with E-state index in [2.05, 4.69) is 42.8 Å². The van der Waals surface area contributed by atoms with Crippen molar-refractivity contribution in [2.24, 2.45) is 0 Å². The highest BCUT2D eigenvalue weighted by Crippen LogP contribution is 2.31. The predicted molar refractivity (Wildman–Crippen MR) is 104 cm³/mol. The first-order valence-electron chi connectivity index (χ1n) is 9.04. The smallest absolute Gasteiger partial charge is 0.252 e. The van der Waals surface area contributed by atoms with E-state index in [9.17, 15) is 0 Å². The monoisotopic (exact) mass is 371 g/mol. The van der Waals surface area contributed by atoms with Crippen LogP contribution in [0.5, 0.6) is 0 Å². The summed E-state index contributed by atoms with van der Waals surface area (Å²) in [4.78, 5) is 19.4. The first-order chi connectivity index (χ1) is 12.5. The van der Waals surface area contributed by atoms with Gasteiger partial charge in [-0.3, -0.25) is 4.90 Å². The van der Waals surface area contributed by atoms with E-state index in [0.29, 0.717) is 11.7 Å². The van der Waals surface area contributed by atoms with Gasteiger partial charge in [-0.15, -0.1) is 11.3 Å². The molecule has 0 aliphatic carbocycles. The molecule has 1 unspecified atom stereocenters. The van der Waals surface area contributed by atoms with Gasteiger partial charge in [-0.1, -0.05) is 0 Å². The number of likely N-dealkylation sites (tertiary alicyclic amines) is 1. The number of nitrogens with zero attached hydrogens (tertiary/aromatic N) is 7. The minimum Gasteiger partial charge on any atom is -0.354 e. The lowest BCUT2D eigenvalue weighted by molar-refractivity contribution is 0.198. The molecule has 3 aromatic heterocycles. The zero-order valence-corrected chi connectivity index (χ0v) is 16.6. The second kappa shape index (κ2) is 6.92. The van der Waals surface area contributed by atoms with Crippen LogP contribution in [0.2, 0.25) is 0 Å². The Morgan fingerprint density at radius 1 is 1.27 bits per heavy atom. The van der Waals surface area contributed by atoms with E-state index in [1.165, 1.54) is 23.4 Å². The summed E-state index contributed by atoms with van der Waals surface area (Å²) in [5.74, 6) is 1.15. The molecule has 0 aromatic carbocycles. The maximum Gasteiger partial charge on any atom is 0.252 e. The lowest BCUT2D eigenvalue weighted by Gasteiger charge is -2.32. The topological polar surface area (TPSA) is 62.5 Å². The minimum absolute atomic E-state index is 0.455. The Kier molecular flexibility index (Phi) is 4.62.